The standard InChI is InChI=1S/C8H13F3N2O2/c1-15-7(14)13-5-2-3-6(12-4-5)8(9,10)11/h5-6,12H,2-4H2,1H3,(H,13,14). The molecule has 0 saturated carbocycles. The quantitative estimate of drug-likeness (QED) is 0.702. The van der Waals surface area contributed by atoms with Gasteiger partial charge in [-0.05, 0) is 12.8 Å². The maximum absolute atomic E-state index is 12.2. The molecule has 0 aromatic rings. The van der Waals surface area contributed by atoms with Gasteiger partial charge in [0, 0.05) is 12.6 Å². The molecule has 88 valence electrons. The molecule has 1 saturated heterocycles. The van der Waals surface area contributed by atoms with E-state index in [1.165, 1.54) is 7.11 Å². The number of ether oxygens (including phenoxy) is 1. The Morgan fingerprint density at radius 3 is 2.53 bits per heavy atom. The highest BCUT2D eigenvalue weighted by Crippen LogP contribution is 2.25. The summed E-state index contributed by atoms with van der Waals surface area (Å²) in [6.45, 7) is 0.110. The lowest BCUT2D eigenvalue weighted by atomic mass is 10.0. The van der Waals surface area contributed by atoms with Crippen LogP contribution in [0.4, 0.5) is 18.0 Å². The molecule has 0 aliphatic carbocycles. The van der Waals surface area contributed by atoms with Gasteiger partial charge in [0.05, 0.1) is 7.11 Å². The lowest BCUT2D eigenvalue weighted by molar-refractivity contribution is -0.160. The SMILES string of the molecule is COC(=O)NC1CCC(C(F)(F)F)NC1. The number of halogens is 3. The highest BCUT2D eigenvalue weighted by atomic mass is 19.4. The van der Waals surface area contributed by atoms with Gasteiger partial charge in [-0.15, -0.1) is 0 Å². The molecule has 2 N–H and O–H groups in total. The molecule has 7 heteroatoms. The van der Waals surface area contributed by atoms with E-state index in [0.717, 1.165) is 0 Å². The van der Waals surface area contributed by atoms with E-state index in [1.54, 1.807) is 0 Å². The van der Waals surface area contributed by atoms with E-state index in [0.29, 0.717) is 6.42 Å². The summed E-state index contributed by atoms with van der Waals surface area (Å²) in [7, 11) is 1.21. The minimum absolute atomic E-state index is 0.0296. The zero-order valence-electron chi connectivity index (χ0n) is 8.23. The second-order valence-electron chi connectivity index (χ2n) is 3.41. The second-order valence-corrected chi connectivity index (χ2v) is 3.41. The lowest BCUT2D eigenvalue weighted by Crippen LogP contribution is -2.54. The molecule has 1 fully saturated rings. The van der Waals surface area contributed by atoms with Gasteiger partial charge in [0.1, 0.15) is 6.04 Å². The summed E-state index contributed by atoms with van der Waals surface area (Å²) in [5.41, 5.74) is 0. The average Bonchev–Trinajstić information content (AvgIpc) is 2.17. The fraction of sp³-hybridized carbons (Fsp3) is 0.875. The number of nitrogens with one attached hydrogen (secondary N) is 2. The number of rotatable bonds is 1. The third-order valence-corrected chi connectivity index (χ3v) is 2.32. The summed E-state index contributed by atoms with van der Waals surface area (Å²) in [6, 6.07) is -1.76. The van der Waals surface area contributed by atoms with E-state index in [9.17, 15) is 18.0 Å². The smallest absolute Gasteiger partial charge is 0.407 e. The van der Waals surface area contributed by atoms with Gasteiger partial charge in [0.15, 0.2) is 0 Å². The summed E-state index contributed by atoms with van der Waals surface area (Å²) in [4.78, 5) is 10.8. The first kappa shape index (κ1) is 12.1. The zero-order valence-corrected chi connectivity index (χ0v) is 8.23. The summed E-state index contributed by atoms with van der Waals surface area (Å²) in [6.07, 6.45) is -4.56. The van der Waals surface area contributed by atoms with E-state index < -0.39 is 18.3 Å². The minimum Gasteiger partial charge on any atom is -0.453 e. The van der Waals surface area contributed by atoms with Gasteiger partial charge in [0.2, 0.25) is 0 Å². The van der Waals surface area contributed by atoms with Crippen LogP contribution < -0.4 is 10.6 Å². The molecule has 2 atom stereocenters. The van der Waals surface area contributed by atoms with Crippen LogP contribution in [-0.2, 0) is 4.74 Å². The first-order valence-electron chi connectivity index (χ1n) is 4.58. The first-order valence-corrected chi connectivity index (χ1v) is 4.58. The fourth-order valence-electron chi connectivity index (χ4n) is 1.48. The molecule has 2 unspecified atom stereocenters. The predicted octanol–water partition coefficient (Wildman–Crippen LogP) is 1.03. The van der Waals surface area contributed by atoms with Crippen molar-refractivity contribution < 1.29 is 22.7 Å². The van der Waals surface area contributed by atoms with Crippen LogP contribution in [0.15, 0.2) is 0 Å². The summed E-state index contributed by atoms with van der Waals surface area (Å²) < 4.78 is 41.0. The predicted molar refractivity (Wildman–Crippen MR) is 46.4 cm³/mol. The molecule has 0 aromatic heterocycles. The highest BCUT2D eigenvalue weighted by molar-refractivity contribution is 5.67. The van der Waals surface area contributed by atoms with Crippen molar-refractivity contribution in [3.63, 3.8) is 0 Å². The van der Waals surface area contributed by atoms with Crippen LogP contribution in [0, 0.1) is 0 Å². The van der Waals surface area contributed by atoms with Gasteiger partial charge in [-0.1, -0.05) is 0 Å². The number of hydrogen-bond donors (Lipinski definition) is 2. The molecular weight excluding hydrogens is 213 g/mol. The Bertz CT molecular complexity index is 224. The first-order chi connectivity index (χ1) is 6.93. The van der Waals surface area contributed by atoms with E-state index >= 15 is 0 Å². The van der Waals surface area contributed by atoms with Gasteiger partial charge < -0.3 is 15.4 Å². The van der Waals surface area contributed by atoms with Gasteiger partial charge >= 0.3 is 12.3 Å². The van der Waals surface area contributed by atoms with Crippen molar-refractivity contribution in [2.75, 3.05) is 13.7 Å². The lowest BCUT2D eigenvalue weighted by Gasteiger charge is -2.31. The van der Waals surface area contributed by atoms with Crippen molar-refractivity contribution in [3.05, 3.63) is 0 Å². The summed E-state index contributed by atoms with van der Waals surface area (Å²) >= 11 is 0. The summed E-state index contributed by atoms with van der Waals surface area (Å²) in [5.74, 6) is 0. The van der Waals surface area contributed by atoms with E-state index in [4.69, 9.17) is 0 Å². The van der Waals surface area contributed by atoms with E-state index in [1.807, 2.05) is 0 Å². The molecule has 1 heterocycles. The van der Waals surface area contributed by atoms with Crippen molar-refractivity contribution in [2.45, 2.75) is 31.1 Å². The van der Waals surface area contributed by atoms with Crippen LogP contribution in [0.1, 0.15) is 12.8 Å². The number of hydrogen-bond acceptors (Lipinski definition) is 3. The molecule has 0 spiro atoms. The van der Waals surface area contributed by atoms with Gasteiger partial charge in [-0.2, -0.15) is 13.2 Å². The van der Waals surface area contributed by atoms with Crippen LogP contribution in [0.2, 0.25) is 0 Å². The van der Waals surface area contributed by atoms with Crippen molar-refractivity contribution in [1.82, 2.24) is 10.6 Å². The third-order valence-electron chi connectivity index (χ3n) is 2.32. The molecule has 1 rings (SSSR count). The number of alkyl carbamates (subject to hydrolysis) is 1. The topological polar surface area (TPSA) is 50.4 Å². The largest absolute Gasteiger partial charge is 0.453 e. The monoisotopic (exact) mass is 226 g/mol. The molecule has 0 radical (unpaired) electrons. The highest BCUT2D eigenvalue weighted by Gasteiger charge is 2.41. The Hall–Kier alpha value is -0.980. The number of alkyl halides is 3. The molecule has 0 bridgehead atoms. The zero-order chi connectivity index (χ0) is 11.5. The van der Waals surface area contributed by atoms with Gasteiger partial charge in [-0.25, -0.2) is 4.79 Å². The van der Waals surface area contributed by atoms with Crippen LogP contribution >= 0.6 is 0 Å². The molecule has 15 heavy (non-hydrogen) atoms. The van der Waals surface area contributed by atoms with Crippen LogP contribution in [-0.4, -0.2) is 38.0 Å². The molecule has 4 nitrogen and oxygen atoms in total. The van der Waals surface area contributed by atoms with Crippen LogP contribution in [0.25, 0.3) is 0 Å². The minimum atomic E-state index is -4.21. The van der Waals surface area contributed by atoms with Crippen LogP contribution in [0.5, 0.6) is 0 Å². The normalized spacial score (nSPS) is 27.2. The Morgan fingerprint density at radius 2 is 2.13 bits per heavy atom. The van der Waals surface area contributed by atoms with Gasteiger partial charge in [0.25, 0.3) is 0 Å². The molecule has 0 aromatic carbocycles. The van der Waals surface area contributed by atoms with Crippen molar-refractivity contribution in [1.29, 1.82) is 0 Å². The number of piperidine rings is 1. The molecular formula is C8H13F3N2O2. The van der Waals surface area contributed by atoms with Crippen LogP contribution in [0.3, 0.4) is 0 Å². The summed E-state index contributed by atoms with van der Waals surface area (Å²) in [5, 5.41) is 4.79. The van der Waals surface area contributed by atoms with Crippen molar-refractivity contribution >= 4 is 6.09 Å². The molecule has 1 aliphatic heterocycles. The fourth-order valence-corrected chi connectivity index (χ4v) is 1.48. The Kier molecular flexibility index (Phi) is 3.78. The second kappa shape index (κ2) is 4.69. The number of carbonyl (C=O) groups excluding carboxylic acids is 1. The number of methoxy groups -OCH3 is 1. The maximum atomic E-state index is 12.2. The Morgan fingerprint density at radius 1 is 1.47 bits per heavy atom. The third kappa shape index (κ3) is 3.58. The maximum Gasteiger partial charge on any atom is 0.407 e. The Balaban J connectivity index is 2.33. The van der Waals surface area contributed by atoms with Gasteiger partial charge in [-0.3, -0.25) is 0 Å². The van der Waals surface area contributed by atoms with E-state index in [-0.39, 0.29) is 19.0 Å². The number of amides is 1. The van der Waals surface area contributed by atoms with Crippen molar-refractivity contribution in [3.8, 4) is 0 Å². The molecule has 1 aliphatic rings. The van der Waals surface area contributed by atoms with Crippen molar-refractivity contribution in [2.24, 2.45) is 0 Å². The number of carbonyl (C=O) groups is 1. The Labute approximate surface area is 85.2 Å². The molecule has 1 amide bonds. The average molecular weight is 226 g/mol. The van der Waals surface area contributed by atoms with E-state index in [2.05, 4.69) is 15.4 Å².